The van der Waals surface area contributed by atoms with Gasteiger partial charge < -0.3 is 15.7 Å². The highest BCUT2D eigenvalue weighted by molar-refractivity contribution is 5.98. The van der Waals surface area contributed by atoms with Crippen molar-refractivity contribution in [2.45, 2.75) is 39.2 Å². The van der Waals surface area contributed by atoms with Gasteiger partial charge in [-0.1, -0.05) is 13.8 Å². The van der Waals surface area contributed by atoms with Gasteiger partial charge in [-0.3, -0.25) is 0 Å². The Morgan fingerprint density at radius 2 is 2.10 bits per heavy atom. The van der Waals surface area contributed by atoms with E-state index in [1.807, 2.05) is 0 Å². The normalized spacial score (nSPS) is 25.1. The molecule has 1 fully saturated rings. The van der Waals surface area contributed by atoms with Gasteiger partial charge in [0.25, 0.3) is 0 Å². The second-order valence-corrected chi connectivity index (χ2v) is 5.81. The van der Waals surface area contributed by atoms with Crippen molar-refractivity contribution in [1.29, 1.82) is 0 Å². The van der Waals surface area contributed by atoms with E-state index in [0.717, 1.165) is 19.3 Å². The molecule has 3 atom stereocenters. The molecule has 0 aromatic carbocycles. The first-order chi connectivity index (χ1) is 9.97. The van der Waals surface area contributed by atoms with Crippen LogP contribution in [0, 0.1) is 11.8 Å². The summed E-state index contributed by atoms with van der Waals surface area (Å²) in [5, 5.41) is 14.5. The molecular formula is C15H21N3O3. The Bertz CT molecular complexity index is 533. The number of carbonyl (C=O) groups is 2. The first kappa shape index (κ1) is 15.3. The minimum absolute atomic E-state index is 0.131. The fourth-order valence-corrected chi connectivity index (χ4v) is 2.88. The van der Waals surface area contributed by atoms with E-state index in [-0.39, 0.29) is 23.5 Å². The van der Waals surface area contributed by atoms with E-state index in [4.69, 9.17) is 5.11 Å². The molecule has 1 saturated carbocycles. The molecule has 0 saturated heterocycles. The first-order valence-corrected chi connectivity index (χ1v) is 7.23. The summed E-state index contributed by atoms with van der Waals surface area (Å²) < 4.78 is 0. The molecular weight excluding hydrogens is 270 g/mol. The Hall–Kier alpha value is -2.11. The van der Waals surface area contributed by atoms with E-state index in [1.165, 1.54) is 12.3 Å². The fraction of sp³-hybridized carbons (Fsp3) is 0.533. The third kappa shape index (κ3) is 3.93. The van der Waals surface area contributed by atoms with Crippen LogP contribution in [0.5, 0.6) is 0 Å². The minimum Gasteiger partial charge on any atom is -0.476 e. The lowest BCUT2D eigenvalue weighted by Gasteiger charge is -2.33. The summed E-state index contributed by atoms with van der Waals surface area (Å²) >= 11 is 0. The summed E-state index contributed by atoms with van der Waals surface area (Å²) in [5.41, 5.74) is 0.0531. The quantitative estimate of drug-likeness (QED) is 0.798. The van der Waals surface area contributed by atoms with Gasteiger partial charge in [0, 0.05) is 12.2 Å². The molecule has 0 aliphatic heterocycles. The van der Waals surface area contributed by atoms with Crippen molar-refractivity contribution < 1.29 is 14.7 Å². The lowest BCUT2D eigenvalue weighted by atomic mass is 9.80. The van der Waals surface area contributed by atoms with E-state index in [0.29, 0.717) is 11.8 Å². The van der Waals surface area contributed by atoms with Crippen LogP contribution in [0.15, 0.2) is 18.3 Å². The van der Waals surface area contributed by atoms with E-state index in [2.05, 4.69) is 29.5 Å². The number of rotatable bonds is 3. The van der Waals surface area contributed by atoms with Gasteiger partial charge in [0.05, 0.1) is 5.69 Å². The number of carboxylic acids is 1. The average Bonchev–Trinajstić information content (AvgIpc) is 2.42. The number of hydrogen-bond donors (Lipinski definition) is 3. The maximum atomic E-state index is 12.0. The molecule has 3 unspecified atom stereocenters. The van der Waals surface area contributed by atoms with Gasteiger partial charge in [-0.2, -0.15) is 0 Å². The second-order valence-electron chi connectivity index (χ2n) is 5.81. The Morgan fingerprint density at radius 1 is 1.33 bits per heavy atom. The highest BCUT2D eigenvalue weighted by Gasteiger charge is 2.26. The van der Waals surface area contributed by atoms with Crippen LogP contribution in [0.1, 0.15) is 43.6 Å². The summed E-state index contributed by atoms with van der Waals surface area (Å²) in [7, 11) is 0. The standard InChI is InChI=1S/C15H21N3O3/c1-9-5-6-11(10(2)8-9)17-15(21)18-12-4-3-7-16-13(12)14(19)20/h3-4,7,9-11H,5-6,8H2,1-2H3,(H,19,20)(H2,17,18,21). The van der Waals surface area contributed by atoms with Crippen LogP contribution < -0.4 is 10.6 Å². The van der Waals surface area contributed by atoms with Crippen LogP contribution in [0.25, 0.3) is 0 Å². The Balaban J connectivity index is 1.98. The molecule has 6 heteroatoms. The Morgan fingerprint density at radius 3 is 2.76 bits per heavy atom. The van der Waals surface area contributed by atoms with Crippen LogP contribution in [0.4, 0.5) is 10.5 Å². The van der Waals surface area contributed by atoms with Gasteiger partial charge in [-0.15, -0.1) is 0 Å². The van der Waals surface area contributed by atoms with E-state index >= 15 is 0 Å². The summed E-state index contributed by atoms with van der Waals surface area (Å²) in [5.74, 6) is -0.0452. The number of amides is 2. The van der Waals surface area contributed by atoms with Crippen molar-refractivity contribution in [3.05, 3.63) is 24.0 Å². The van der Waals surface area contributed by atoms with Gasteiger partial charge in [0.15, 0.2) is 5.69 Å². The van der Waals surface area contributed by atoms with Crippen molar-refractivity contribution in [2.75, 3.05) is 5.32 Å². The first-order valence-electron chi connectivity index (χ1n) is 7.23. The smallest absolute Gasteiger partial charge is 0.356 e. The van der Waals surface area contributed by atoms with Crippen LogP contribution in [-0.4, -0.2) is 28.1 Å². The number of nitrogens with one attached hydrogen (secondary N) is 2. The summed E-state index contributed by atoms with van der Waals surface area (Å²) in [6, 6.07) is 2.87. The number of anilines is 1. The third-order valence-corrected chi connectivity index (χ3v) is 4.01. The molecule has 1 aromatic heterocycles. The number of carboxylic acid groups (broad SMARTS) is 1. The zero-order chi connectivity index (χ0) is 15.4. The molecule has 114 valence electrons. The summed E-state index contributed by atoms with van der Waals surface area (Å²) in [6.07, 6.45) is 4.53. The van der Waals surface area contributed by atoms with E-state index in [9.17, 15) is 9.59 Å². The minimum atomic E-state index is -1.16. The molecule has 1 aliphatic rings. The molecule has 3 N–H and O–H groups in total. The monoisotopic (exact) mass is 291 g/mol. The highest BCUT2D eigenvalue weighted by atomic mass is 16.4. The lowest BCUT2D eigenvalue weighted by Crippen LogP contribution is -2.44. The molecule has 0 spiro atoms. The van der Waals surface area contributed by atoms with Crippen LogP contribution in [0.3, 0.4) is 0 Å². The van der Waals surface area contributed by atoms with Crippen LogP contribution in [-0.2, 0) is 0 Å². The zero-order valence-electron chi connectivity index (χ0n) is 12.3. The predicted octanol–water partition coefficient (Wildman–Crippen LogP) is 2.73. The molecule has 0 radical (unpaired) electrons. The number of pyridine rings is 1. The predicted molar refractivity (Wildman–Crippen MR) is 79.3 cm³/mol. The molecule has 1 heterocycles. The second kappa shape index (κ2) is 6.56. The highest BCUT2D eigenvalue weighted by Crippen LogP contribution is 2.28. The SMILES string of the molecule is CC1CCC(NC(=O)Nc2cccnc2C(=O)O)C(C)C1. The molecule has 6 nitrogen and oxygen atoms in total. The van der Waals surface area contributed by atoms with Crippen LogP contribution >= 0.6 is 0 Å². The number of hydrogen-bond acceptors (Lipinski definition) is 3. The number of aromatic nitrogens is 1. The molecule has 2 rings (SSSR count). The molecule has 2 amide bonds. The van der Waals surface area contributed by atoms with Gasteiger partial charge in [-0.25, -0.2) is 14.6 Å². The molecule has 1 aliphatic carbocycles. The fourth-order valence-electron chi connectivity index (χ4n) is 2.88. The Kier molecular flexibility index (Phi) is 4.77. The number of nitrogens with zero attached hydrogens (tertiary/aromatic N) is 1. The third-order valence-electron chi connectivity index (χ3n) is 4.01. The summed E-state index contributed by atoms with van der Waals surface area (Å²) in [6.45, 7) is 4.36. The topological polar surface area (TPSA) is 91.3 Å². The van der Waals surface area contributed by atoms with Gasteiger partial charge >= 0.3 is 12.0 Å². The van der Waals surface area contributed by atoms with Gasteiger partial charge in [0.1, 0.15) is 0 Å². The maximum absolute atomic E-state index is 12.0. The van der Waals surface area contributed by atoms with Crippen LogP contribution in [0.2, 0.25) is 0 Å². The largest absolute Gasteiger partial charge is 0.476 e. The number of carbonyl (C=O) groups excluding carboxylic acids is 1. The van der Waals surface area contributed by atoms with Crippen molar-refractivity contribution in [2.24, 2.45) is 11.8 Å². The van der Waals surface area contributed by atoms with Crippen molar-refractivity contribution in [3.63, 3.8) is 0 Å². The maximum Gasteiger partial charge on any atom is 0.356 e. The zero-order valence-corrected chi connectivity index (χ0v) is 12.3. The molecule has 0 bridgehead atoms. The number of urea groups is 1. The van der Waals surface area contributed by atoms with Gasteiger partial charge in [-0.05, 0) is 43.2 Å². The molecule has 21 heavy (non-hydrogen) atoms. The molecule has 1 aromatic rings. The summed E-state index contributed by atoms with van der Waals surface area (Å²) in [4.78, 5) is 26.8. The number of aromatic carboxylic acids is 1. The Labute approximate surface area is 124 Å². The van der Waals surface area contributed by atoms with Crippen molar-refractivity contribution >= 4 is 17.7 Å². The van der Waals surface area contributed by atoms with Gasteiger partial charge in [0.2, 0.25) is 0 Å². The average molecular weight is 291 g/mol. The van der Waals surface area contributed by atoms with E-state index < -0.39 is 5.97 Å². The van der Waals surface area contributed by atoms with Crippen molar-refractivity contribution in [1.82, 2.24) is 10.3 Å². The lowest BCUT2D eigenvalue weighted by molar-refractivity contribution is 0.0691. The van der Waals surface area contributed by atoms with Crippen molar-refractivity contribution in [3.8, 4) is 0 Å². The van der Waals surface area contributed by atoms with E-state index in [1.54, 1.807) is 6.07 Å².